The third kappa shape index (κ3) is 5.70. The minimum atomic E-state index is -0.309. The smallest absolute Gasteiger partial charge is 0.238 e. The molecule has 1 heterocycles. The zero-order chi connectivity index (χ0) is 25.5. The third-order valence-electron chi connectivity index (χ3n) is 7.06. The molecule has 0 saturated heterocycles. The first kappa shape index (κ1) is 25.7. The van der Waals surface area contributed by atoms with Crippen molar-refractivity contribution in [3.8, 4) is 11.5 Å². The highest BCUT2D eigenvalue weighted by atomic mass is 16.7. The third-order valence-corrected chi connectivity index (χ3v) is 7.06. The number of benzene rings is 2. The highest BCUT2D eigenvalue weighted by Gasteiger charge is 2.31. The molecule has 1 aliphatic heterocycles. The van der Waals surface area contributed by atoms with Crippen LogP contribution in [0.2, 0.25) is 0 Å². The van der Waals surface area contributed by atoms with E-state index in [1.54, 1.807) is 7.11 Å². The number of hydrazone groups is 1. The maximum Gasteiger partial charge on any atom is 0.238 e. The number of ether oxygens (including phenoxy) is 2. The van der Waals surface area contributed by atoms with Crippen molar-refractivity contribution < 1.29 is 23.9 Å². The summed E-state index contributed by atoms with van der Waals surface area (Å²) in [5, 5.41) is 8.01. The second-order valence-corrected chi connectivity index (χ2v) is 9.30. The van der Waals surface area contributed by atoms with Crippen molar-refractivity contribution in [2.75, 3.05) is 19.3 Å². The number of methoxy groups -OCH3 is 1. The molecule has 2 aromatic rings. The summed E-state index contributed by atoms with van der Waals surface area (Å²) in [6.45, 7) is 2.60. The highest BCUT2D eigenvalue weighted by Crippen LogP contribution is 2.35. The van der Waals surface area contributed by atoms with Crippen molar-refractivity contribution in [1.29, 1.82) is 0 Å². The van der Waals surface area contributed by atoms with Crippen LogP contribution in [0.4, 0.5) is 5.69 Å². The van der Waals surface area contributed by atoms with Gasteiger partial charge in [0.15, 0.2) is 11.5 Å². The molecule has 1 amide bonds. The summed E-state index contributed by atoms with van der Waals surface area (Å²) < 4.78 is 11.9. The van der Waals surface area contributed by atoms with E-state index in [4.69, 9.17) is 19.4 Å². The molecular formula is C28H35N3O5. The minimum absolute atomic E-state index is 0.161. The molecule has 0 spiro atoms. The Bertz CT molecular complexity index is 1070. The molecule has 1 aliphatic carbocycles. The van der Waals surface area contributed by atoms with Gasteiger partial charge in [0.25, 0.3) is 0 Å². The predicted octanol–water partition coefficient (Wildman–Crippen LogP) is 4.74. The van der Waals surface area contributed by atoms with Gasteiger partial charge in [0.05, 0.1) is 38.3 Å². The van der Waals surface area contributed by atoms with Gasteiger partial charge in [-0.25, -0.2) is 0 Å². The summed E-state index contributed by atoms with van der Waals surface area (Å²) >= 11 is 0. The maximum atomic E-state index is 12.0. The predicted molar refractivity (Wildman–Crippen MR) is 138 cm³/mol. The Balaban J connectivity index is 1.62. The summed E-state index contributed by atoms with van der Waals surface area (Å²) in [5.41, 5.74) is 3.55. The zero-order valence-electron chi connectivity index (χ0n) is 21.3. The first-order valence-electron chi connectivity index (χ1n) is 12.6. The van der Waals surface area contributed by atoms with Crippen LogP contribution in [0.1, 0.15) is 56.6 Å². The number of carbonyl (C=O) groups excluding carboxylic acids is 2. The van der Waals surface area contributed by atoms with Gasteiger partial charge in [0.2, 0.25) is 6.41 Å². The number of hydrogen-bond donors (Lipinski definition) is 0. The average Bonchev–Trinajstić information content (AvgIpc) is 3.43. The largest absolute Gasteiger partial charge is 0.493 e. The number of rotatable bonds is 11. The van der Waals surface area contributed by atoms with Crippen molar-refractivity contribution in [2.45, 2.75) is 64.1 Å². The average molecular weight is 494 g/mol. The van der Waals surface area contributed by atoms with E-state index in [0.29, 0.717) is 25.1 Å². The van der Waals surface area contributed by atoms with Gasteiger partial charge >= 0.3 is 0 Å². The molecule has 36 heavy (non-hydrogen) atoms. The summed E-state index contributed by atoms with van der Waals surface area (Å²) in [7, 11) is 3.10. The van der Waals surface area contributed by atoms with E-state index in [1.807, 2.05) is 47.5 Å². The quantitative estimate of drug-likeness (QED) is 0.332. The molecule has 0 bridgehead atoms. The minimum Gasteiger partial charge on any atom is -0.493 e. The van der Waals surface area contributed by atoms with Crippen molar-refractivity contribution in [3.05, 3.63) is 53.6 Å². The summed E-state index contributed by atoms with van der Waals surface area (Å²) in [6.07, 6.45) is 7.92. The molecule has 1 fully saturated rings. The number of anilines is 1. The fraction of sp³-hybridized carbons (Fsp3) is 0.464. The van der Waals surface area contributed by atoms with Crippen LogP contribution in [0.3, 0.4) is 0 Å². The van der Waals surface area contributed by atoms with Crippen molar-refractivity contribution >= 4 is 24.1 Å². The lowest BCUT2D eigenvalue weighted by Crippen LogP contribution is -2.41. The number of hydrogen-bond acceptors (Lipinski definition) is 7. The van der Waals surface area contributed by atoms with Crippen molar-refractivity contribution in [2.24, 2.45) is 11.0 Å². The van der Waals surface area contributed by atoms with E-state index < -0.39 is 0 Å². The van der Waals surface area contributed by atoms with Gasteiger partial charge in [-0.15, -0.1) is 0 Å². The molecule has 2 atom stereocenters. The molecule has 1 saturated carbocycles. The topological polar surface area (TPSA) is 80.7 Å². The fourth-order valence-corrected chi connectivity index (χ4v) is 5.01. The number of aldehydes is 1. The van der Waals surface area contributed by atoms with Gasteiger partial charge in [-0.3, -0.25) is 14.6 Å². The Morgan fingerprint density at radius 3 is 2.42 bits per heavy atom. The molecule has 0 N–H and O–H groups in total. The van der Waals surface area contributed by atoms with Crippen LogP contribution in [0, 0.1) is 5.92 Å². The summed E-state index contributed by atoms with van der Waals surface area (Å²) in [5.74, 6) is 1.63. The number of carbonyl (C=O) groups is 2. The van der Waals surface area contributed by atoms with E-state index >= 15 is 0 Å². The zero-order valence-corrected chi connectivity index (χ0v) is 21.3. The molecule has 4 rings (SSSR count). The molecular weight excluding hydrogens is 458 g/mol. The monoisotopic (exact) mass is 493 g/mol. The maximum absolute atomic E-state index is 12.0. The number of nitrogens with zero attached hydrogens (tertiary/aromatic N) is 3. The first-order valence-corrected chi connectivity index (χ1v) is 12.6. The lowest BCUT2D eigenvalue weighted by atomic mass is 9.87. The van der Waals surface area contributed by atoms with Gasteiger partial charge in [0, 0.05) is 11.5 Å². The Kier molecular flexibility index (Phi) is 8.59. The molecule has 8 nitrogen and oxygen atoms in total. The Morgan fingerprint density at radius 2 is 1.81 bits per heavy atom. The van der Waals surface area contributed by atoms with Crippen LogP contribution in [-0.4, -0.2) is 49.8 Å². The van der Waals surface area contributed by atoms with Crippen LogP contribution < -0.4 is 14.5 Å². The molecule has 0 radical (unpaired) electrons. The number of amides is 1. The standard InChI is InChI=1S/C28H35N3O5/c1-4-21-15-24(18-32)30(17-20-9-12-23(13-10-20)31(19-33)35-3)29-28(21)22-11-14-26(34-2)27(16-22)36-25-7-5-6-8-25/h9-14,16,18-19,21,24-25H,4-8,15,17H2,1-3H3. The first-order chi connectivity index (χ1) is 17.6. The molecule has 0 aromatic heterocycles. The van der Waals surface area contributed by atoms with Gasteiger partial charge < -0.3 is 14.3 Å². The Labute approximate surface area is 212 Å². The second kappa shape index (κ2) is 12.0. The van der Waals surface area contributed by atoms with E-state index in [2.05, 4.69) is 6.92 Å². The lowest BCUT2D eigenvalue weighted by molar-refractivity contribution is -0.113. The molecule has 192 valence electrons. The summed E-state index contributed by atoms with van der Waals surface area (Å²) in [4.78, 5) is 28.2. The molecule has 2 aliphatic rings. The van der Waals surface area contributed by atoms with Crippen LogP contribution in [0.15, 0.2) is 47.6 Å². The second-order valence-electron chi connectivity index (χ2n) is 9.30. The van der Waals surface area contributed by atoms with Crippen LogP contribution >= 0.6 is 0 Å². The van der Waals surface area contributed by atoms with Crippen LogP contribution in [-0.2, 0) is 21.0 Å². The van der Waals surface area contributed by atoms with Gasteiger partial charge in [-0.2, -0.15) is 10.2 Å². The molecule has 2 aromatic carbocycles. The Morgan fingerprint density at radius 1 is 1.06 bits per heavy atom. The SMILES string of the molecule is CCC1CC(C=O)N(Cc2ccc(N(C=O)OC)cc2)N=C1c1ccc(OC)c(OC2CCCC2)c1. The fourth-order valence-electron chi connectivity index (χ4n) is 5.01. The molecule has 2 unspecified atom stereocenters. The van der Waals surface area contributed by atoms with Gasteiger partial charge in [-0.05, 0) is 74.4 Å². The number of hydroxylamine groups is 1. The van der Waals surface area contributed by atoms with E-state index in [-0.39, 0.29) is 18.1 Å². The molecule has 8 heteroatoms. The summed E-state index contributed by atoms with van der Waals surface area (Å²) in [6, 6.07) is 13.1. The highest BCUT2D eigenvalue weighted by molar-refractivity contribution is 6.03. The Hall–Kier alpha value is -3.39. The van der Waals surface area contributed by atoms with Crippen LogP contribution in [0.5, 0.6) is 11.5 Å². The van der Waals surface area contributed by atoms with E-state index in [9.17, 15) is 9.59 Å². The van der Waals surface area contributed by atoms with Gasteiger partial charge in [-0.1, -0.05) is 19.1 Å². The normalized spacial score (nSPS) is 20.1. The van der Waals surface area contributed by atoms with E-state index in [1.165, 1.54) is 20.0 Å². The van der Waals surface area contributed by atoms with Crippen molar-refractivity contribution in [3.63, 3.8) is 0 Å². The lowest BCUT2D eigenvalue weighted by Gasteiger charge is -2.35. The van der Waals surface area contributed by atoms with Gasteiger partial charge in [0.1, 0.15) is 12.3 Å². The van der Waals surface area contributed by atoms with Crippen molar-refractivity contribution in [1.82, 2.24) is 5.01 Å². The van der Waals surface area contributed by atoms with Crippen LogP contribution in [0.25, 0.3) is 0 Å². The van der Waals surface area contributed by atoms with E-state index in [0.717, 1.165) is 58.9 Å².